The molecule has 6 nitrogen and oxygen atoms in total. The third-order valence-electron chi connectivity index (χ3n) is 4.13. The van der Waals surface area contributed by atoms with Crippen LogP contribution in [0.5, 0.6) is 5.75 Å². The molecule has 1 aromatic heterocycles. The zero-order chi connectivity index (χ0) is 20.8. The molecule has 0 aliphatic rings. The van der Waals surface area contributed by atoms with E-state index in [-0.39, 0.29) is 12.5 Å². The number of aromatic nitrogens is 1. The van der Waals surface area contributed by atoms with E-state index in [0.717, 1.165) is 21.8 Å². The molecule has 0 atom stereocenters. The SMILES string of the molecule is Cc1ccc(NC(=O)COC(=O)c2ccc(OCc3csc(C)n3)cc2)c(C)c1. The molecule has 29 heavy (non-hydrogen) atoms. The second kappa shape index (κ2) is 9.34. The van der Waals surface area contributed by atoms with Crippen LogP contribution in [0.25, 0.3) is 0 Å². The van der Waals surface area contributed by atoms with E-state index in [2.05, 4.69) is 10.3 Å². The summed E-state index contributed by atoms with van der Waals surface area (Å²) < 4.78 is 10.7. The molecule has 0 saturated heterocycles. The monoisotopic (exact) mass is 410 g/mol. The van der Waals surface area contributed by atoms with Crippen molar-refractivity contribution < 1.29 is 19.1 Å². The molecule has 1 heterocycles. The van der Waals surface area contributed by atoms with E-state index >= 15 is 0 Å². The Kier molecular flexibility index (Phi) is 6.61. The summed E-state index contributed by atoms with van der Waals surface area (Å²) in [4.78, 5) is 28.5. The fourth-order valence-corrected chi connectivity index (χ4v) is 3.27. The van der Waals surface area contributed by atoms with Crippen LogP contribution in [0.3, 0.4) is 0 Å². The van der Waals surface area contributed by atoms with Gasteiger partial charge in [0.25, 0.3) is 5.91 Å². The summed E-state index contributed by atoms with van der Waals surface area (Å²) in [6.07, 6.45) is 0. The lowest BCUT2D eigenvalue weighted by Crippen LogP contribution is -2.21. The van der Waals surface area contributed by atoms with Gasteiger partial charge in [0.1, 0.15) is 12.4 Å². The van der Waals surface area contributed by atoms with Crippen molar-refractivity contribution in [3.05, 3.63) is 75.2 Å². The molecule has 1 amide bonds. The van der Waals surface area contributed by atoms with Crippen LogP contribution in [0, 0.1) is 20.8 Å². The van der Waals surface area contributed by atoms with Crippen molar-refractivity contribution in [2.75, 3.05) is 11.9 Å². The number of amides is 1. The average Bonchev–Trinajstić information content (AvgIpc) is 3.12. The smallest absolute Gasteiger partial charge is 0.338 e. The van der Waals surface area contributed by atoms with Crippen LogP contribution < -0.4 is 10.1 Å². The first-order valence-electron chi connectivity index (χ1n) is 9.09. The fourth-order valence-electron chi connectivity index (χ4n) is 2.67. The van der Waals surface area contributed by atoms with Gasteiger partial charge < -0.3 is 14.8 Å². The van der Waals surface area contributed by atoms with Crippen LogP contribution in [0.4, 0.5) is 5.69 Å². The Morgan fingerprint density at radius 2 is 1.83 bits per heavy atom. The highest BCUT2D eigenvalue weighted by molar-refractivity contribution is 7.09. The van der Waals surface area contributed by atoms with E-state index in [1.807, 2.05) is 44.4 Å². The zero-order valence-electron chi connectivity index (χ0n) is 16.5. The highest BCUT2D eigenvalue weighted by atomic mass is 32.1. The zero-order valence-corrected chi connectivity index (χ0v) is 17.3. The Labute approximate surface area is 173 Å². The van der Waals surface area contributed by atoms with Crippen molar-refractivity contribution in [3.63, 3.8) is 0 Å². The van der Waals surface area contributed by atoms with Gasteiger partial charge >= 0.3 is 5.97 Å². The molecular weight excluding hydrogens is 388 g/mol. The molecule has 0 radical (unpaired) electrons. The molecule has 2 aromatic carbocycles. The number of nitrogens with one attached hydrogen (secondary N) is 1. The number of carbonyl (C=O) groups excluding carboxylic acids is 2. The molecule has 7 heteroatoms. The summed E-state index contributed by atoms with van der Waals surface area (Å²) in [5.74, 6) is -0.328. The molecule has 0 fully saturated rings. The number of esters is 1. The Morgan fingerprint density at radius 1 is 1.07 bits per heavy atom. The predicted molar refractivity (Wildman–Crippen MR) is 112 cm³/mol. The van der Waals surface area contributed by atoms with Crippen LogP contribution in [-0.4, -0.2) is 23.5 Å². The van der Waals surface area contributed by atoms with Gasteiger partial charge in [0.2, 0.25) is 0 Å². The largest absolute Gasteiger partial charge is 0.487 e. The molecular formula is C22H22N2O4S. The van der Waals surface area contributed by atoms with Crippen LogP contribution in [-0.2, 0) is 16.1 Å². The van der Waals surface area contributed by atoms with Gasteiger partial charge in [-0.3, -0.25) is 4.79 Å². The van der Waals surface area contributed by atoms with Gasteiger partial charge in [0, 0.05) is 11.1 Å². The third kappa shape index (κ3) is 5.89. The summed E-state index contributed by atoms with van der Waals surface area (Å²) in [5, 5.41) is 5.68. The molecule has 0 bridgehead atoms. The number of thiazole rings is 1. The normalized spacial score (nSPS) is 10.4. The van der Waals surface area contributed by atoms with E-state index in [1.54, 1.807) is 35.6 Å². The number of hydrogen-bond acceptors (Lipinski definition) is 6. The minimum Gasteiger partial charge on any atom is -0.487 e. The topological polar surface area (TPSA) is 77.5 Å². The van der Waals surface area contributed by atoms with E-state index < -0.39 is 5.97 Å². The van der Waals surface area contributed by atoms with Crippen molar-refractivity contribution in [2.24, 2.45) is 0 Å². The van der Waals surface area contributed by atoms with E-state index in [9.17, 15) is 9.59 Å². The molecule has 0 aliphatic carbocycles. The maximum absolute atomic E-state index is 12.2. The summed E-state index contributed by atoms with van der Waals surface area (Å²) >= 11 is 1.57. The lowest BCUT2D eigenvalue weighted by molar-refractivity contribution is -0.119. The average molecular weight is 410 g/mol. The van der Waals surface area contributed by atoms with E-state index in [0.29, 0.717) is 23.6 Å². The number of benzene rings is 2. The maximum atomic E-state index is 12.2. The molecule has 0 spiro atoms. The number of carbonyl (C=O) groups is 2. The second-order valence-electron chi connectivity index (χ2n) is 6.61. The van der Waals surface area contributed by atoms with Gasteiger partial charge in [-0.15, -0.1) is 11.3 Å². The number of nitrogens with zero attached hydrogens (tertiary/aromatic N) is 1. The van der Waals surface area contributed by atoms with Crippen LogP contribution >= 0.6 is 11.3 Å². The summed E-state index contributed by atoms with van der Waals surface area (Å²) in [7, 11) is 0. The van der Waals surface area contributed by atoms with Crippen molar-refractivity contribution >= 4 is 28.9 Å². The molecule has 150 valence electrons. The van der Waals surface area contributed by atoms with Gasteiger partial charge in [-0.05, 0) is 56.7 Å². The van der Waals surface area contributed by atoms with Gasteiger partial charge in [0.05, 0.1) is 16.3 Å². The molecule has 3 aromatic rings. The van der Waals surface area contributed by atoms with Gasteiger partial charge in [-0.2, -0.15) is 0 Å². The van der Waals surface area contributed by atoms with Crippen molar-refractivity contribution in [1.82, 2.24) is 4.98 Å². The summed E-state index contributed by atoms with van der Waals surface area (Å²) in [6.45, 7) is 5.85. The quantitative estimate of drug-likeness (QED) is 0.583. The van der Waals surface area contributed by atoms with Gasteiger partial charge in [-0.1, -0.05) is 17.7 Å². The van der Waals surface area contributed by atoms with Crippen molar-refractivity contribution in [1.29, 1.82) is 0 Å². The minimum absolute atomic E-state index is 0.348. The first-order chi connectivity index (χ1) is 13.9. The van der Waals surface area contributed by atoms with E-state index in [1.165, 1.54) is 0 Å². The van der Waals surface area contributed by atoms with Gasteiger partial charge in [0.15, 0.2) is 6.61 Å². The van der Waals surface area contributed by atoms with Crippen LogP contribution in [0.2, 0.25) is 0 Å². The Hall–Kier alpha value is -3.19. The number of aryl methyl sites for hydroxylation is 3. The van der Waals surface area contributed by atoms with Gasteiger partial charge in [-0.25, -0.2) is 9.78 Å². The van der Waals surface area contributed by atoms with E-state index in [4.69, 9.17) is 9.47 Å². The molecule has 0 aliphatic heterocycles. The minimum atomic E-state index is -0.567. The Bertz CT molecular complexity index is 1010. The van der Waals surface area contributed by atoms with Crippen molar-refractivity contribution in [2.45, 2.75) is 27.4 Å². The number of ether oxygens (including phenoxy) is 2. The highest BCUT2D eigenvalue weighted by Crippen LogP contribution is 2.17. The molecule has 0 saturated carbocycles. The van der Waals surface area contributed by atoms with Crippen LogP contribution in [0.1, 0.15) is 32.2 Å². The Morgan fingerprint density at radius 3 is 2.48 bits per heavy atom. The Balaban J connectivity index is 1.48. The van der Waals surface area contributed by atoms with Crippen molar-refractivity contribution in [3.8, 4) is 5.75 Å². The molecule has 0 unspecified atom stereocenters. The first-order valence-corrected chi connectivity index (χ1v) is 9.97. The molecule has 3 rings (SSSR count). The highest BCUT2D eigenvalue weighted by Gasteiger charge is 2.11. The lowest BCUT2D eigenvalue weighted by Gasteiger charge is -2.10. The van der Waals surface area contributed by atoms with Crippen LogP contribution in [0.15, 0.2) is 47.8 Å². The first kappa shape index (κ1) is 20.5. The molecule has 1 N–H and O–H groups in total. The number of rotatable bonds is 7. The standard InChI is InChI=1S/C22H22N2O4S/c1-14-4-9-20(15(2)10-14)24-21(25)12-28-22(26)17-5-7-19(8-6-17)27-11-18-13-29-16(3)23-18/h4-10,13H,11-12H2,1-3H3,(H,24,25). The number of anilines is 1. The number of hydrogen-bond donors (Lipinski definition) is 1. The third-order valence-corrected chi connectivity index (χ3v) is 4.96. The second-order valence-corrected chi connectivity index (χ2v) is 7.68. The predicted octanol–water partition coefficient (Wildman–Crippen LogP) is 4.44. The lowest BCUT2D eigenvalue weighted by atomic mass is 10.1. The summed E-state index contributed by atoms with van der Waals surface area (Å²) in [6, 6.07) is 12.3. The fraction of sp³-hybridized carbons (Fsp3) is 0.227. The summed E-state index contributed by atoms with van der Waals surface area (Å²) in [5.41, 5.74) is 3.98. The maximum Gasteiger partial charge on any atom is 0.338 e.